The largest absolute Gasteiger partial charge is 0.491 e. The van der Waals surface area contributed by atoms with Crippen molar-refractivity contribution in [2.75, 3.05) is 11.9 Å². The standard InChI is InChI=1S/C12H15Cl2N5O/c1-3-19-12(16-17-18-19)15-7-8-5-9(13)11(20-4-2)10(14)6-8/h5-6H,3-4,7H2,1-2H3,(H,15,16,18). The molecule has 20 heavy (non-hydrogen) atoms. The summed E-state index contributed by atoms with van der Waals surface area (Å²) in [5, 5.41) is 15.5. The minimum atomic E-state index is 0.492. The number of nitrogens with one attached hydrogen (secondary N) is 1. The zero-order valence-electron chi connectivity index (χ0n) is 11.2. The highest BCUT2D eigenvalue weighted by atomic mass is 35.5. The molecule has 0 unspecified atom stereocenters. The number of halogens is 2. The number of anilines is 1. The van der Waals surface area contributed by atoms with E-state index in [2.05, 4.69) is 20.8 Å². The second-order valence-corrected chi connectivity index (χ2v) is 4.81. The summed E-state index contributed by atoms with van der Waals surface area (Å²) in [7, 11) is 0. The fourth-order valence-corrected chi connectivity index (χ4v) is 2.36. The van der Waals surface area contributed by atoms with Gasteiger partial charge >= 0.3 is 0 Å². The zero-order valence-corrected chi connectivity index (χ0v) is 12.7. The van der Waals surface area contributed by atoms with Crippen LogP contribution in [0.4, 0.5) is 5.95 Å². The third-order valence-electron chi connectivity index (χ3n) is 2.63. The highest BCUT2D eigenvalue weighted by Gasteiger charge is 2.10. The lowest BCUT2D eigenvalue weighted by Gasteiger charge is -2.11. The summed E-state index contributed by atoms with van der Waals surface area (Å²) in [4.78, 5) is 0. The van der Waals surface area contributed by atoms with Gasteiger partial charge < -0.3 is 10.1 Å². The van der Waals surface area contributed by atoms with E-state index in [-0.39, 0.29) is 0 Å². The molecule has 1 N–H and O–H groups in total. The smallest absolute Gasteiger partial charge is 0.243 e. The van der Waals surface area contributed by atoms with Crippen LogP contribution in [-0.4, -0.2) is 26.8 Å². The average molecular weight is 316 g/mol. The van der Waals surface area contributed by atoms with Gasteiger partial charge in [0.25, 0.3) is 0 Å². The summed E-state index contributed by atoms with van der Waals surface area (Å²) >= 11 is 12.3. The van der Waals surface area contributed by atoms with E-state index >= 15 is 0 Å². The Morgan fingerprint density at radius 1 is 1.25 bits per heavy atom. The normalized spacial score (nSPS) is 10.6. The maximum atomic E-state index is 6.15. The summed E-state index contributed by atoms with van der Waals surface area (Å²) in [5.74, 6) is 1.12. The summed E-state index contributed by atoms with van der Waals surface area (Å²) in [6.45, 7) is 5.58. The average Bonchev–Trinajstić information content (AvgIpc) is 2.88. The maximum absolute atomic E-state index is 6.15. The van der Waals surface area contributed by atoms with E-state index in [9.17, 15) is 0 Å². The van der Waals surface area contributed by atoms with E-state index in [1.54, 1.807) is 4.68 Å². The molecule has 8 heteroatoms. The van der Waals surface area contributed by atoms with Crippen molar-refractivity contribution in [2.24, 2.45) is 0 Å². The molecule has 0 aliphatic carbocycles. The van der Waals surface area contributed by atoms with Gasteiger partial charge in [-0.05, 0) is 42.0 Å². The van der Waals surface area contributed by atoms with Crippen LogP contribution in [-0.2, 0) is 13.1 Å². The first kappa shape index (κ1) is 14.9. The van der Waals surface area contributed by atoms with Crippen molar-refractivity contribution in [1.29, 1.82) is 0 Å². The van der Waals surface area contributed by atoms with E-state index in [0.717, 1.165) is 5.56 Å². The lowest BCUT2D eigenvalue weighted by molar-refractivity contribution is 0.340. The number of aromatic nitrogens is 4. The molecule has 0 bridgehead atoms. The molecule has 0 fully saturated rings. The number of hydrogen-bond donors (Lipinski definition) is 1. The van der Waals surface area contributed by atoms with Crippen LogP contribution in [0.1, 0.15) is 19.4 Å². The van der Waals surface area contributed by atoms with E-state index in [1.165, 1.54) is 0 Å². The molecule has 2 rings (SSSR count). The number of tetrazole rings is 1. The number of ether oxygens (including phenoxy) is 1. The molecule has 0 spiro atoms. The van der Waals surface area contributed by atoms with Gasteiger partial charge in [0.1, 0.15) is 0 Å². The van der Waals surface area contributed by atoms with Gasteiger partial charge in [-0.1, -0.05) is 28.3 Å². The van der Waals surface area contributed by atoms with Crippen molar-refractivity contribution >= 4 is 29.2 Å². The Morgan fingerprint density at radius 3 is 2.55 bits per heavy atom. The Balaban J connectivity index is 2.10. The molecule has 1 aromatic carbocycles. The Kier molecular flexibility index (Phi) is 5.03. The van der Waals surface area contributed by atoms with Crippen molar-refractivity contribution in [2.45, 2.75) is 26.9 Å². The van der Waals surface area contributed by atoms with E-state index in [1.807, 2.05) is 26.0 Å². The molecule has 0 saturated heterocycles. The topological polar surface area (TPSA) is 64.9 Å². The van der Waals surface area contributed by atoms with Crippen molar-refractivity contribution in [1.82, 2.24) is 20.2 Å². The second-order valence-electron chi connectivity index (χ2n) is 3.99. The number of benzene rings is 1. The summed E-state index contributed by atoms with van der Waals surface area (Å²) in [6.07, 6.45) is 0. The molecule has 2 aromatic rings. The minimum absolute atomic E-state index is 0.492. The lowest BCUT2D eigenvalue weighted by Crippen LogP contribution is -2.08. The fourth-order valence-electron chi connectivity index (χ4n) is 1.72. The van der Waals surface area contributed by atoms with Crippen molar-refractivity contribution in [3.8, 4) is 5.75 Å². The predicted octanol–water partition coefficient (Wildman–Crippen LogP) is 3.01. The van der Waals surface area contributed by atoms with Gasteiger partial charge in [0.2, 0.25) is 5.95 Å². The van der Waals surface area contributed by atoms with Gasteiger partial charge in [-0.25, -0.2) is 4.68 Å². The fraction of sp³-hybridized carbons (Fsp3) is 0.417. The van der Waals surface area contributed by atoms with Crippen molar-refractivity contribution in [3.63, 3.8) is 0 Å². The molecule has 6 nitrogen and oxygen atoms in total. The number of rotatable bonds is 6. The molecule has 1 heterocycles. The van der Waals surface area contributed by atoms with Crippen LogP contribution in [0, 0.1) is 0 Å². The van der Waals surface area contributed by atoms with E-state index in [4.69, 9.17) is 27.9 Å². The quantitative estimate of drug-likeness (QED) is 0.887. The van der Waals surface area contributed by atoms with E-state index in [0.29, 0.717) is 41.4 Å². The molecular formula is C12H15Cl2N5O. The predicted molar refractivity (Wildman–Crippen MR) is 78.4 cm³/mol. The molecule has 1 aromatic heterocycles. The van der Waals surface area contributed by atoms with Crippen LogP contribution in [0.2, 0.25) is 10.0 Å². The van der Waals surface area contributed by atoms with Crippen LogP contribution < -0.4 is 10.1 Å². The Labute approximate surface area is 127 Å². The maximum Gasteiger partial charge on any atom is 0.243 e. The number of hydrogen-bond acceptors (Lipinski definition) is 5. The van der Waals surface area contributed by atoms with Gasteiger partial charge in [-0.2, -0.15) is 0 Å². The van der Waals surface area contributed by atoms with Crippen molar-refractivity contribution in [3.05, 3.63) is 27.7 Å². The molecular weight excluding hydrogens is 301 g/mol. The monoisotopic (exact) mass is 315 g/mol. The number of nitrogens with zero attached hydrogens (tertiary/aromatic N) is 4. The van der Waals surface area contributed by atoms with Crippen molar-refractivity contribution < 1.29 is 4.74 Å². The molecule has 0 saturated carbocycles. The summed E-state index contributed by atoms with van der Waals surface area (Å²) in [6, 6.07) is 3.62. The van der Waals surface area contributed by atoms with Crippen LogP contribution >= 0.6 is 23.2 Å². The summed E-state index contributed by atoms with van der Waals surface area (Å²) in [5.41, 5.74) is 0.925. The third-order valence-corrected chi connectivity index (χ3v) is 3.19. The molecule has 0 atom stereocenters. The Bertz CT molecular complexity index is 564. The first-order valence-corrected chi connectivity index (χ1v) is 7.02. The van der Waals surface area contributed by atoms with Crippen LogP contribution in [0.3, 0.4) is 0 Å². The van der Waals surface area contributed by atoms with Crippen LogP contribution in [0.15, 0.2) is 12.1 Å². The molecule has 0 aliphatic heterocycles. The van der Waals surface area contributed by atoms with Gasteiger partial charge in [0.15, 0.2) is 5.75 Å². The third kappa shape index (κ3) is 3.32. The van der Waals surface area contributed by atoms with Crippen LogP contribution in [0.25, 0.3) is 0 Å². The number of aryl methyl sites for hydroxylation is 1. The first-order valence-electron chi connectivity index (χ1n) is 6.26. The summed E-state index contributed by atoms with van der Waals surface area (Å²) < 4.78 is 7.05. The highest BCUT2D eigenvalue weighted by Crippen LogP contribution is 2.34. The van der Waals surface area contributed by atoms with Gasteiger partial charge in [-0.15, -0.1) is 0 Å². The van der Waals surface area contributed by atoms with Gasteiger partial charge in [0, 0.05) is 13.1 Å². The first-order chi connectivity index (χ1) is 9.65. The molecule has 108 valence electrons. The minimum Gasteiger partial charge on any atom is -0.491 e. The molecule has 0 amide bonds. The van der Waals surface area contributed by atoms with Crippen LogP contribution in [0.5, 0.6) is 5.75 Å². The van der Waals surface area contributed by atoms with Gasteiger partial charge in [-0.3, -0.25) is 0 Å². The van der Waals surface area contributed by atoms with E-state index < -0.39 is 0 Å². The lowest BCUT2D eigenvalue weighted by atomic mass is 10.2. The Morgan fingerprint density at radius 2 is 1.95 bits per heavy atom. The second kappa shape index (κ2) is 6.76. The molecule has 0 radical (unpaired) electrons. The highest BCUT2D eigenvalue weighted by molar-refractivity contribution is 6.37. The zero-order chi connectivity index (χ0) is 14.5. The SMILES string of the molecule is CCOc1c(Cl)cc(CNc2nnnn2CC)cc1Cl. The Hall–Kier alpha value is -1.53. The van der Waals surface area contributed by atoms with Gasteiger partial charge in [0.05, 0.1) is 16.7 Å². The molecule has 0 aliphatic rings.